The van der Waals surface area contributed by atoms with Crippen LogP contribution in [0.3, 0.4) is 0 Å². The molecule has 0 spiro atoms. The van der Waals surface area contributed by atoms with Crippen LogP contribution in [0.5, 0.6) is 5.88 Å². The van der Waals surface area contributed by atoms with Gasteiger partial charge in [-0.1, -0.05) is 0 Å². The Balaban J connectivity index is 1.35. The second-order valence-electron chi connectivity index (χ2n) is 9.20. The fourth-order valence-corrected chi connectivity index (χ4v) is 5.00. The molecule has 1 fully saturated rings. The molecule has 0 amide bonds. The zero-order valence-electron chi connectivity index (χ0n) is 20.0. The molecule has 0 saturated heterocycles. The van der Waals surface area contributed by atoms with Crippen molar-refractivity contribution in [3.8, 4) is 28.7 Å². The second kappa shape index (κ2) is 7.93. The van der Waals surface area contributed by atoms with Crippen LogP contribution in [0.25, 0.3) is 22.8 Å². The van der Waals surface area contributed by atoms with Crippen LogP contribution in [0.15, 0.2) is 30.9 Å². The first-order valence-corrected chi connectivity index (χ1v) is 11.7. The predicted octanol–water partition coefficient (Wildman–Crippen LogP) is 3.43. The lowest BCUT2D eigenvalue weighted by Gasteiger charge is -2.29. The van der Waals surface area contributed by atoms with Crippen molar-refractivity contribution in [1.29, 1.82) is 0 Å². The van der Waals surface area contributed by atoms with Crippen LogP contribution in [0.4, 0.5) is 5.69 Å². The highest BCUT2D eigenvalue weighted by Gasteiger charge is 2.34. The van der Waals surface area contributed by atoms with E-state index in [1.165, 1.54) is 11.3 Å². The molecule has 9 nitrogen and oxygen atoms in total. The Morgan fingerprint density at radius 1 is 1.09 bits per heavy atom. The van der Waals surface area contributed by atoms with Gasteiger partial charge in [0.25, 0.3) is 0 Å². The molecule has 6 rings (SSSR count). The number of nitrogens with zero attached hydrogens (tertiary/aromatic N) is 8. The number of rotatable bonds is 5. The van der Waals surface area contributed by atoms with E-state index >= 15 is 0 Å². The van der Waals surface area contributed by atoms with Gasteiger partial charge in [-0.15, -0.1) is 0 Å². The number of imidazole rings is 1. The Labute approximate surface area is 198 Å². The summed E-state index contributed by atoms with van der Waals surface area (Å²) in [4.78, 5) is 20.7. The van der Waals surface area contributed by atoms with Gasteiger partial charge in [0.2, 0.25) is 5.88 Å². The van der Waals surface area contributed by atoms with Gasteiger partial charge in [-0.25, -0.2) is 15.0 Å². The standard InChI is InChI=1S/C25H28N8O/c1-15-12-31(2)24(29-15)19-8-7-17(11-26-19)33-10-9-20-18(13-33)23(30-32(20)3)21-22(16-5-6-16)27-14-28-25(21)34-4/h7-8,11-12,14,16H,5-6,9-10,13H2,1-4H3. The second-order valence-corrected chi connectivity index (χ2v) is 9.20. The van der Waals surface area contributed by atoms with Gasteiger partial charge in [0, 0.05) is 57.0 Å². The van der Waals surface area contributed by atoms with Crippen molar-refractivity contribution in [2.24, 2.45) is 14.1 Å². The van der Waals surface area contributed by atoms with Gasteiger partial charge < -0.3 is 14.2 Å². The highest BCUT2D eigenvalue weighted by Crippen LogP contribution is 2.46. The van der Waals surface area contributed by atoms with E-state index in [1.54, 1.807) is 13.4 Å². The molecule has 5 heterocycles. The zero-order chi connectivity index (χ0) is 23.4. The minimum absolute atomic E-state index is 0.468. The summed E-state index contributed by atoms with van der Waals surface area (Å²) in [6, 6.07) is 4.19. The Hall–Kier alpha value is -3.75. The maximum Gasteiger partial charge on any atom is 0.226 e. The molecule has 0 aromatic carbocycles. The number of aromatic nitrogens is 7. The van der Waals surface area contributed by atoms with Crippen molar-refractivity contribution < 1.29 is 4.74 Å². The van der Waals surface area contributed by atoms with Crippen LogP contribution >= 0.6 is 0 Å². The fourth-order valence-electron chi connectivity index (χ4n) is 5.00. The Morgan fingerprint density at radius 2 is 1.94 bits per heavy atom. The SMILES string of the molecule is COc1ncnc(C2CC2)c1-c1nn(C)c2c1CN(c1ccc(-c3nc(C)cn3C)nc1)CC2. The number of hydrogen-bond donors (Lipinski definition) is 0. The fraction of sp³-hybridized carbons (Fsp3) is 0.400. The molecule has 0 N–H and O–H groups in total. The summed E-state index contributed by atoms with van der Waals surface area (Å²) in [7, 11) is 5.69. The van der Waals surface area contributed by atoms with Crippen LogP contribution in [0, 0.1) is 6.92 Å². The van der Waals surface area contributed by atoms with Gasteiger partial charge in [-0.05, 0) is 31.9 Å². The van der Waals surface area contributed by atoms with Gasteiger partial charge in [0.1, 0.15) is 17.7 Å². The summed E-state index contributed by atoms with van der Waals surface area (Å²) in [5, 5.41) is 4.94. The number of anilines is 1. The summed E-state index contributed by atoms with van der Waals surface area (Å²) >= 11 is 0. The molecular formula is C25H28N8O. The summed E-state index contributed by atoms with van der Waals surface area (Å²) < 4.78 is 9.69. The van der Waals surface area contributed by atoms with E-state index in [0.717, 1.165) is 72.2 Å². The first kappa shape index (κ1) is 20.8. The molecule has 174 valence electrons. The molecule has 1 aliphatic carbocycles. The van der Waals surface area contributed by atoms with Crippen LogP contribution in [-0.2, 0) is 27.1 Å². The zero-order valence-corrected chi connectivity index (χ0v) is 20.0. The third-order valence-electron chi connectivity index (χ3n) is 6.82. The smallest absolute Gasteiger partial charge is 0.226 e. The number of aryl methyl sites for hydroxylation is 3. The molecule has 4 aromatic heterocycles. The van der Waals surface area contributed by atoms with Crippen molar-refractivity contribution in [1.82, 2.24) is 34.3 Å². The molecule has 0 unspecified atom stereocenters. The Morgan fingerprint density at radius 3 is 2.62 bits per heavy atom. The number of ether oxygens (including phenoxy) is 1. The molecule has 1 aliphatic heterocycles. The van der Waals surface area contributed by atoms with Crippen molar-refractivity contribution in [2.75, 3.05) is 18.6 Å². The Bertz CT molecular complexity index is 1370. The molecular weight excluding hydrogens is 428 g/mol. The van der Waals surface area contributed by atoms with E-state index < -0.39 is 0 Å². The molecule has 0 bridgehead atoms. The van der Waals surface area contributed by atoms with Crippen molar-refractivity contribution >= 4 is 5.69 Å². The molecule has 0 radical (unpaired) electrons. The lowest BCUT2D eigenvalue weighted by atomic mass is 9.98. The van der Waals surface area contributed by atoms with E-state index in [2.05, 4.69) is 32.0 Å². The quantitative estimate of drug-likeness (QED) is 0.455. The Kier molecular flexibility index (Phi) is 4.86. The maximum absolute atomic E-state index is 5.66. The van der Waals surface area contributed by atoms with E-state index in [-0.39, 0.29) is 0 Å². The van der Waals surface area contributed by atoms with Crippen molar-refractivity contribution in [2.45, 2.75) is 38.6 Å². The number of methoxy groups -OCH3 is 1. The summed E-state index contributed by atoms with van der Waals surface area (Å²) in [6.07, 6.45) is 8.78. The topological polar surface area (TPSA) is 86.8 Å². The van der Waals surface area contributed by atoms with Gasteiger partial charge in [0.05, 0.1) is 35.9 Å². The molecule has 34 heavy (non-hydrogen) atoms. The van der Waals surface area contributed by atoms with Crippen molar-refractivity contribution in [3.63, 3.8) is 0 Å². The summed E-state index contributed by atoms with van der Waals surface area (Å²) in [5.74, 6) is 1.95. The van der Waals surface area contributed by atoms with Gasteiger partial charge in [0.15, 0.2) is 5.82 Å². The molecule has 0 atom stereocenters. The normalized spacial score (nSPS) is 15.5. The molecule has 9 heteroatoms. The van der Waals surface area contributed by atoms with Crippen LogP contribution in [-0.4, -0.2) is 47.9 Å². The summed E-state index contributed by atoms with van der Waals surface area (Å²) in [5.41, 5.74) is 8.37. The van der Waals surface area contributed by atoms with Gasteiger partial charge in [-0.2, -0.15) is 5.10 Å². The average molecular weight is 457 g/mol. The minimum atomic E-state index is 0.468. The molecule has 4 aromatic rings. The monoisotopic (exact) mass is 456 g/mol. The van der Waals surface area contributed by atoms with Crippen LogP contribution in [0.1, 0.15) is 41.4 Å². The molecule has 2 aliphatic rings. The summed E-state index contributed by atoms with van der Waals surface area (Å²) in [6.45, 7) is 3.66. The van der Waals surface area contributed by atoms with Crippen LogP contribution < -0.4 is 9.64 Å². The van der Waals surface area contributed by atoms with Crippen LogP contribution in [0.2, 0.25) is 0 Å². The van der Waals surface area contributed by atoms with E-state index in [4.69, 9.17) is 14.8 Å². The lowest BCUT2D eigenvalue weighted by molar-refractivity contribution is 0.397. The third-order valence-corrected chi connectivity index (χ3v) is 6.82. The highest BCUT2D eigenvalue weighted by atomic mass is 16.5. The highest BCUT2D eigenvalue weighted by molar-refractivity contribution is 5.73. The third kappa shape index (κ3) is 3.43. The molecule has 1 saturated carbocycles. The predicted molar refractivity (Wildman–Crippen MR) is 129 cm³/mol. The van der Waals surface area contributed by atoms with Gasteiger partial charge >= 0.3 is 0 Å². The van der Waals surface area contributed by atoms with E-state index in [1.807, 2.05) is 42.7 Å². The average Bonchev–Trinajstić information content (AvgIpc) is 3.58. The van der Waals surface area contributed by atoms with E-state index in [0.29, 0.717) is 11.8 Å². The maximum atomic E-state index is 5.66. The van der Waals surface area contributed by atoms with Crippen molar-refractivity contribution in [3.05, 3.63) is 53.5 Å². The number of hydrogen-bond acceptors (Lipinski definition) is 7. The van der Waals surface area contributed by atoms with E-state index in [9.17, 15) is 0 Å². The number of pyridine rings is 1. The lowest BCUT2D eigenvalue weighted by Crippen LogP contribution is -2.31. The first-order chi connectivity index (χ1) is 16.5. The largest absolute Gasteiger partial charge is 0.480 e. The number of fused-ring (bicyclic) bond motifs is 1. The van der Waals surface area contributed by atoms with Gasteiger partial charge in [-0.3, -0.25) is 9.67 Å². The minimum Gasteiger partial charge on any atom is -0.480 e. The first-order valence-electron chi connectivity index (χ1n) is 11.7.